The zero-order chi connectivity index (χ0) is 8.44. The standard InChI is InChI=1S/C11H21P/c1-12-9-7-11(8-10-12)5-3-2-4-6-11/h2-10H2,1H3. The second kappa shape index (κ2) is 3.66. The molecule has 0 aromatic heterocycles. The Hall–Kier alpha value is 0.430. The van der Waals surface area contributed by atoms with Crippen LogP contribution in [-0.2, 0) is 0 Å². The Bertz CT molecular complexity index is 137. The topological polar surface area (TPSA) is 0 Å². The smallest absolute Gasteiger partial charge is 0.0291 e. The molecule has 2 rings (SSSR count). The van der Waals surface area contributed by atoms with Crippen LogP contribution >= 0.6 is 7.92 Å². The van der Waals surface area contributed by atoms with Gasteiger partial charge in [-0.1, -0.05) is 19.3 Å². The summed E-state index contributed by atoms with van der Waals surface area (Å²) in [5, 5.41) is 0. The van der Waals surface area contributed by atoms with Gasteiger partial charge in [0.25, 0.3) is 0 Å². The van der Waals surface area contributed by atoms with Gasteiger partial charge in [-0.05, 0) is 50.1 Å². The van der Waals surface area contributed by atoms with Gasteiger partial charge >= 0.3 is 0 Å². The molecule has 12 heavy (non-hydrogen) atoms. The van der Waals surface area contributed by atoms with Gasteiger partial charge in [0.05, 0.1) is 0 Å². The van der Waals surface area contributed by atoms with Gasteiger partial charge in [0, 0.05) is 0 Å². The molecule has 0 atom stereocenters. The lowest BCUT2D eigenvalue weighted by Gasteiger charge is -2.42. The van der Waals surface area contributed by atoms with Crippen molar-refractivity contribution in [3.8, 4) is 0 Å². The summed E-state index contributed by atoms with van der Waals surface area (Å²) >= 11 is 0. The van der Waals surface area contributed by atoms with Crippen LogP contribution < -0.4 is 0 Å². The SMILES string of the molecule is CP1CCC2(CCCCC2)CC1. The van der Waals surface area contributed by atoms with E-state index < -0.39 is 0 Å². The molecule has 70 valence electrons. The van der Waals surface area contributed by atoms with E-state index in [1.165, 1.54) is 19.3 Å². The molecule has 0 radical (unpaired) electrons. The van der Waals surface area contributed by atoms with E-state index in [4.69, 9.17) is 0 Å². The van der Waals surface area contributed by atoms with Gasteiger partial charge in [-0.25, -0.2) is 0 Å². The van der Waals surface area contributed by atoms with Crippen LogP contribution in [0.5, 0.6) is 0 Å². The van der Waals surface area contributed by atoms with Gasteiger partial charge in [-0.2, -0.15) is 0 Å². The molecule has 2 aliphatic rings. The second-order valence-corrected chi connectivity index (χ2v) is 7.47. The number of rotatable bonds is 0. The fourth-order valence-electron chi connectivity index (χ4n) is 2.89. The average molecular weight is 184 g/mol. The van der Waals surface area contributed by atoms with Crippen molar-refractivity contribution in [1.82, 2.24) is 0 Å². The Labute approximate surface area is 77.9 Å². The maximum Gasteiger partial charge on any atom is -0.0291 e. The molecular formula is C11H21P. The first-order valence-electron chi connectivity index (χ1n) is 5.49. The van der Waals surface area contributed by atoms with E-state index in [1.54, 1.807) is 38.0 Å². The molecule has 0 nitrogen and oxygen atoms in total. The van der Waals surface area contributed by atoms with Crippen molar-refractivity contribution in [2.24, 2.45) is 5.41 Å². The number of hydrogen-bond acceptors (Lipinski definition) is 0. The molecule has 2 fully saturated rings. The van der Waals surface area contributed by atoms with E-state index in [0.717, 1.165) is 5.41 Å². The highest BCUT2D eigenvalue weighted by Gasteiger charge is 2.34. The highest BCUT2D eigenvalue weighted by molar-refractivity contribution is 7.56. The molecule has 0 aromatic carbocycles. The predicted octanol–water partition coefficient (Wildman–Crippen LogP) is 3.84. The van der Waals surface area contributed by atoms with Gasteiger partial charge in [-0.3, -0.25) is 0 Å². The van der Waals surface area contributed by atoms with Crippen LogP contribution in [0.1, 0.15) is 44.9 Å². The largest absolute Gasteiger partial charge is 0.110 e. The second-order valence-electron chi connectivity index (χ2n) is 4.86. The zero-order valence-electron chi connectivity index (χ0n) is 8.31. The quantitative estimate of drug-likeness (QED) is 0.502. The minimum Gasteiger partial charge on any atom is -0.110 e. The summed E-state index contributed by atoms with van der Waals surface area (Å²) in [7, 11) is 0.458. The third-order valence-electron chi connectivity index (χ3n) is 3.96. The van der Waals surface area contributed by atoms with Gasteiger partial charge in [-0.15, -0.1) is 7.92 Å². The third-order valence-corrected chi connectivity index (χ3v) is 5.94. The minimum absolute atomic E-state index is 0.458. The Morgan fingerprint density at radius 1 is 0.833 bits per heavy atom. The maximum absolute atomic E-state index is 2.49. The van der Waals surface area contributed by atoms with Crippen LogP contribution in [0.3, 0.4) is 0 Å². The predicted molar refractivity (Wildman–Crippen MR) is 57.3 cm³/mol. The summed E-state index contributed by atoms with van der Waals surface area (Å²) in [6.07, 6.45) is 14.0. The maximum atomic E-state index is 2.49. The summed E-state index contributed by atoms with van der Waals surface area (Å²) in [5.74, 6) is 0. The molecule has 1 heteroatoms. The van der Waals surface area contributed by atoms with Gasteiger partial charge in [0.15, 0.2) is 0 Å². The normalized spacial score (nSPS) is 30.8. The first-order chi connectivity index (χ1) is 5.81. The van der Waals surface area contributed by atoms with Gasteiger partial charge in [0.2, 0.25) is 0 Å². The van der Waals surface area contributed by atoms with E-state index in [-0.39, 0.29) is 0 Å². The Morgan fingerprint density at radius 3 is 2.00 bits per heavy atom. The first-order valence-corrected chi connectivity index (χ1v) is 7.65. The van der Waals surface area contributed by atoms with Crippen molar-refractivity contribution in [2.45, 2.75) is 44.9 Å². The molecule has 1 heterocycles. The Kier molecular flexibility index (Phi) is 2.75. The summed E-state index contributed by atoms with van der Waals surface area (Å²) in [6, 6.07) is 0. The monoisotopic (exact) mass is 184 g/mol. The summed E-state index contributed by atoms with van der Waals surface area (Å²) < 4.78 is 0. The lowest BCUT2D eigenvalue weighted by molar-refractivity contribution is 0.171. The van der Waals surface area contributed by atoms with Gasteiger partial charge < -0.3 is 0 Å². The summed E-state index contributed by atoms with van der Waals surface area (Å²) in [5.41, 5.74) is 0.854. The van der Waals surface area contributed by atoms with Crippen LogP contribution in [-0.4, -0.2) is 19.0 Å². The summed E-state index contributed by atoms with van der Waals surface area (Å²) in [6.45, 7) is 2.49. The van der Waals surface area contributed by atoms with Crippen LogP contribution in [0.2, 0.25) is 0 Å². The van der Waals surface area contributed by atoms with Gasteiger partial charge in [0.1, 0.15) is 0 Å². The molecule has 1 aliphatic carbocycles. The van der Waals surface area contributed by atoms with E-state index >= 15 is 0 Å². The molecule has 1 spiro atoms. The van der Waals surface area contributed by atoms with Crippen LogP contribution in [0, 0.1) is 5.41 Å². The third kappa shape index (κ3) is 1.84. The van der Waals surface area contributed by atoms with Crippen molar-refractivity contribution in [3.63, 3.8) is 0 Å². The van der Waals surface area contributed by atoms with E-state index in [9.17, 15) is 0 Å². The molecule has 0 N–H and O–H groups in total. The lowest BCUT2D eigenvalue weighted by atomic mass is 9.70. The average Bonchev–Trinajstić information content (AvgIpc) is 2.13. The molecule has 0 amide bonds. The molecule has 1 saturated heterocycles. The van der Waals surface area contributed by atoms with Crippen molar-refractivity contribution < 1.29 is 0 Å². The summed E-state index contributed by atoms with van der Waals surface area (Å²) in [4.78, 5) is 0. The molecule has 0 unspecified atom stereocenters. The van der Waals surface area contributed by atoms with E-state index in [1.807, 2.05) is 0 Å². The van der Waals surface area contributed by atoms with Crippen LogP contribution in [0.4, 0.5) is 0 Å². The molecule has 0 aromatic rings. The molecule has 0 bridgehead atoms. The Balaban J connectivity index is 1.92. The fourth-order valence-corrected chi connectivity index (χ4v) is 4.83. The molecular weight excluding hydrogens is 163 g/mol. The van der Waals surface area contributed by atoms with Crippen LogP contribution in [0.15, 0.2) is 0 Å². The van der Waals surface area contributed by atoms with Crippen molar-refractivity contribution in [2.75, 3.05) is 19.0 Å². The zero-order valence-corrected chi connectivity index (χ0v) is 9.21. The first kappa shape index (κ1) is 9.00. The lowest BCUT2D eigenvalue weighted by Crippen LogP contribution is -2.29. The molecule has 1 aliphatic heterocycles. The van der Waals surface area contributed by atoms with Crippen molar-refractivity contribution in [3.05, 3.63) is 0 Å². The highest BCUT2D eigenvalue weighted by atomic mass is 31.1. The number of hydrogen-bond donors (Lipinski definition) is 0. The molecule has 1 saturated carbocycles. The highest BCUT2D eigenvalue weighted by Crippen LogP contribution is 2.52. The Morgan fingerprint density at radius 2 is 1.42 bits per heavy atom. The van der Waals surface area contributed by atoms with Crippen LogP contribution in [0.25, 0.3) is 0 Å². The van der Waals surface area contributed by atoms with Crippen molar-refractivity contribution >= 4 is 7.92 Å². The van der Waals surface area contributed by atoms with E-state index in [0.29, 0.717) is 7.92 Å². The van der Waals surface area contributed by atoms with E-state index in [2.05, 4.69) is 6.66 Å². The minimum atomic E-state index is 0.458. The van der Waals surface area contributed by atoms with Crippen molar-refractivity contribution in [1.29, 1.82) is 0 Å². The fraction of sp³-hybridized carbons (Fsp3) is 1.00.